The van der Waals surface area contributed by atoms with Crippen LogP contribution in [0.15, 0.2) is 78.9 Å². The molecule has 3 aromatic carbocycles. The zero-order valence-corrected chi connectivity index (χ0v) is 24.5. The molecule has 4 rings (SSSR count). The summed E-state index contributed by atoms with van der Waals surface area (Å²) in [5.74, 6) is -0.703. The number of hydrogen-bond donors (Lipinski definition) is 1. The summed E-state index contributed by atoms with van der Waals surface area (Å²) in [4.78, 5) is 29.5. The van der Waals surface area contributed by atoms with Gasteiger partial charge in [-0.15, -0.1) is 0 Å². The number of rotatable bonds is 11. The zero-order chi connectivity index (χ0) is 28.7. The van der Waals surface area contributed by atoms with Crippen LogP contribution in [-0.4, -0.2) is 50.0 Å². The third kappa shape index (κ3) is 7.86. The van der Waals surface area contributed by atoms with E-state index in [1.165, 1.54) is 4.90 Å². The monoisotopic (exact) mass is 581 g/mol. The molecule has 0 bridgehead atoms. The van der Waals surface area contributed by atoms with Crippen LogP contribution < -0.4 is 9.62 Å². The number of halogens is 1. The van der Waals surface area contributed by atoms with Crippen LogP contribution in [-0.2, 0) is 32.6 Å². The van der Waals surface area contributed by atoms with E-state index in [2.05, 4.69) is 5.32 Å². The molecular formula is C31H36ClN3O4S. The van der Waals surface area contributed by atoms with Gasteiger partial charge in [-0.3, -0.25) is 13.9 Å². The Balaban J connectivity index is 1.72. The molecule has 0 saturated heterocycles. The van der Waals surface area contributed by atoms with Gasteiger partial charge in [-0.1, -0.05) is 85.1 Å². The van der Waals surface area contributed by atoms with Gasteiger partial charge in [0.1, 0.15) is 12.6 Å². The molecule has 1 atom stereocenters. The van der Waals surface area contributed by atoms with Gasteiger partial charge in [0.05, 0.1) is 11.9 Å². The molecular weight excluding hydrogens is 546 g/mol. The number of para-hydroxylation sites is 1. The predicted molar refractivity (Wildman–Crippen MR) is 160 cm³/mol. The predicted octanol–water partition coefficient (Wildman–Crippen LogP) is 5.11. The van der Waals surface area contributed by atoms with Gasteiger partial charge in [0, 0.05) is 24.0 Å². The highest BCUT2D eigenvalue weighted by molar-refractivity contribution is 7.92. The molecule has 1 N–H and O–H groups in total. The van der Waals surface area contributed by atoms with E-state index in [-0.39, 0.29) is 18.5 Å². The van der Waals surface area contributed by atoms with Crippen molar-refractivity contribution >= 4 is 39.1 Å². The van der Waals surface area contributed by atoms with Gasteiger partial charge >= 0.3 is 0 Å². The molecule has 40 heavy (non-hydrogen) atoms. The number of anilines is 1. The van der Waals surface area contributed by atoms with Crippen LogP contribution in [0.1, 0.15) is 42.4 Å². The Morgan fingerprint density at radius 1 is 0.925 bits per heavy atom. The molecule has 1 saturated carbocycles. The van der Waals surface area contributed by atoms with Crippen LogP contribution in [0.4, 0.5) is 5.69 Å². The SMILES string of the molecule is Cc1ccccc1N(CC(=O)N(Cc1ccc(Cl)cc1)C(Cc1ccccc1)C(=O)NC1CCCC1)S(C)(=O)=O. The zero-order valence-electron chi connectivity index (χ0n) is 22.9. The summed E-state index contributed by atoms with van der Waals surface area (Å²) in [6.45, 7) is 1.49. The number of nitrogens with zero attached hydrogens (tertiary/aromatic N) is 2. The van der Waals surface area contributed by atoms with Crippen molar-refractivity contribution < 1.29 is 18.0 Å². The van der Waals surface area contributed by atoms with Crippen molar-refractivity contribution in [2.45, 2.75) is 57.7 Å². The first-order valence-electron chi connectivity index (χ1n) is 13.5. The fourth-order valence-electron chi connectivity index (χ4n) is 5.15. The van der Waals surface area contributed by atoms with Gasteiger partial charge in [0.2, 0.25) is 21.8 Å². The van der Waals surface area contributed by atoms with Crippen molar-refractivity contribution in [3.63, 3.8) is 0 Å². The third-order valence-corrected chi connectivity index (χ3v) is 8.68. The summed E-state index contributed by atoms with van der Waals surface area (Å²) in [6, 6.07) is 22.9. The molecule has 0 heterocycles. The highest BCUT2D eigenvalue weighted by atomic mass is 35.5. The van der Waals surface area contributed by atoms with Crippen LogP contribution in [0, 0.1) is 6.92 Å². The van der Waals surface area contributed by atoms with Crippen LogP contribution >= 0.6 is 11.6 Å². The average molecular weight is 582 g/mol. The number of hydrogen-bond acceptors (Lipinski definition) is 4. The highest BCUT2D eigenvalue weighted by Crippen LogP contribution is 2.24. The second kappa shape index (κ2) is 13.3. The molecule has 0 spiro atoms. The minimum atomic E-state index is -3.80. The van der Waals surface area contributed by atoms with Crippen LogP contribution in [0.25, 0.3) is 0 Å². The van der Waals surface area contributed by atoms with E-state index in [0.717, 1.165) is 52.9 Å². The second-order valence-electron chi connectivity index (χ2n) is 10.4. The third-order valence-electron chi connectivity index (χ3n) is 7.30. The molecule has 7 nitrogen and oxygen atoms in total. The largest absolute Gasteiger partial charge is 0.352 e. The quantitative estimate of drug-likeness (QED) is 0.341. The fraction of sp³-hybridized carbons (Fsp3) is 0.355. The maximum Gasteiger partial charge on any atom is 0.244 e. The first-order valence-corrected chi connectivity index (χ1v) is 15.8. The number of aryl methyl sites for hydroxylation is 1. The highest BCUT2D eigenvalue weighted by Gasteiger charge is 2.34. The number of benzene rings is 3. The minimum absolute atomic E-state index is 0.0674. The van der Waals surface area contributed by atoms with Crippen molar-refractivity contribution in [3.05, 3.63) is 101 Å². The summed E-state index contributed by atoms with van der Waals surface area (Å²) in [5.41, 5.74) is 2.85. The lowest BCUT2D eigenvalue weighted by Gasteiger charge is -2.34. The summed E-state index contributed by atoms with van der Waals surface area (Å²) in [6.07, 6.45) is 5.31. The van der Waals surface area contributed by atoms with Crippen molar-refractivity contribution in [2.75, 3.05) is 17.1 Å². The Labute approximate surface area is 242 Å². The number of nitrogens with one attached hydrogen (secondary N) is 1. The van der Waals surface area contributed by atoms with Crippen LogP contribution in [0.3, 0.4) is 0 Å². The Kier molecular flexibility index (Phi) is 9.87. The smallest absolute Gasteiger partial charge is 0.244 e. The van der Waals surface area contributed by atoms with Gasteiger partial charge in [-0.05, 0) is 54.7 Å². The molecule has 0 aromatic heterocycles. The van der Waals surface area contributed by atoms with E-state index in [1.807, 2.05) is 48.5 Å². The topological polar surface area (TPSA) is 86.8 Å². The fourth-order valence-corrected chi connectivity index (χ4v) is 6.18. The van der Waals surface area contributed by atoms with E-state index >= 15 is 0 Å². The molecule has 1 aliphatic rings. The van der Waals surface area contributed by atoms with Gasteiger partial charge in [-0.2, -0.15) is 0 Å². The maximum atomic E-state index is 14.1. The number of carbonyl (C=O) groups excluding carboxylic acids is 2. The van der Waals surface area contributed by atoms with E-state index in [0.29, 0.717) is 17.1 Å². The van der Waals surface area contributed by atoms with Crippen molar-refractivity contribution in [2.24, 2.45) is 0 Å². The first-order chi connectivity index (χ1) is 19.1. The maximum absolute atomic E-state index is 14.1. The van der Waals surface area contributed by atoms with Crippen molar-refractivity contribution in [3.8, 4) is 0 Å². The lowest BCUT2D eigenvalue weighted by Crippen LogP contribution is -2.54. The lowest BCUT2D eigenvalue weighted by atomic mass is 10.0. The Hall–Kier alpha value is -3.36. The van der Waals surface area contributed by atoms with Gasteiger partial charge in [0.25, 0.3) is 0 Å². The second-order valence-corrected chi connectivity index (χ2v) is 12.7. The summed E-state index contributed by atoms with van der Waals surface area (Å²) in [5, 5.41) is 3.73. The Bertz CT molecular complexity index is 1410. The molecule has 1 fully saturated rings. The van der Waals surface area contributed by atoms with Crippen LogP contribution in [0.2, 0.25) is 5.02 Å². The Morgan fingerprint density at radius 2 is 1.55 bits per heavy atom. The summed E-state index contributed by atoms with van der Waals surface area (Å²) < 4.78 is 27.0. The lowest BCUT2D eigenvalue weighted by molar-refractivity contribution is -0.140. The number of sulfonamides is 1. The van der Waals surface area contributed by atoms with Crippen molar-refractivity contribution in [1.82, 2.24) is 10.2 Å². The molecule has 3 aromatic rings. The Morgan fingerprint density at radius 3 is 2.17 bits per heavy atom. The van der Waals surface area contributed by atoms with E-state index < -0.39 is 28.5 Å². The summed E-state index contributed by atoms with van der Waals surface area (Å²) in [7, 11) is -3.80. The molecule has 212 valence electrons. The molecule has 9 heteroatoms. The summed E-state index contributed by atoms with van der Waals surface area (Å²) >= 11 is 6.11. The van der Waals surface area contributed by atoms with E-state index in [4.69, 9.17) is 11.6 Å². The van der Waals surface area contributed by atoms with E-state index in [9.17, 15) is 18.0 Å². The molecule has 0 radical (unpaired) electrons. The van der Waals surface area contributed by atoms with E-state index in [1.54, 1.807) is 37.3 Å². The minimum Gasteiger partial charge on any atom is -0.352 e. The molecule has 1 aliphatic carbocycles. The van der Waals surface area contributed by atoms with Gasteiger partial charge < -0.3 is 10.2 Å². The normalized spacial score (nSPS) is 14.5. The molecule has 1 unspecified atom stereocenters. The standard InChI is InChI=1S/C31H36ClN3O4S/c1-23-10-6-9-15-28(23)35(40(2,38)39)22-30(36)34(21-25-16-18-26(32)19-17-25)29(20-24-11-4-3-5-12-24)31(37)33-27-13-7-8-14-27/h3-6,9-12,15-19,27,29H,7-8,13-14,20-22H2,1-2H3,(H,33,37). The molecule has 2 amide bonds. The average Bonchev–Trinajstić information content (AvgIpc) is 3.43. The number of amides is 2. The number of carbonyl (C=O) groups is 2. The first kappa shape index (κ1) is 29.6. The molecule has 0 aliphatic heterocycles. The van der Waals surface area contributed by atoms with Crippen LogP contribution in [0.5, 0.6) is 0 Å². The van der Waals surface area contributed by atoms with Gasteiger partial charge in [-0.25, -0.2) is 8.42 Å². The van der Waals surface area contributed by atoms with Gasteiger partial charge in [0.15, 0.2) is 0 Å². The van der Waals surface area contributed by atoms with Crippen molar-refractivity contribution in [1.29, 1.82) is 0 Å².